The summed E-state index contributed by atoms with van der Waals surface area (Å²) < 4.78 is 1.95. The van der Waals surface area contributed by atoms with Gasteiger partial charge in [0.1, 0.15) is 0 Å². The zero-order valence-electron chi connectivity index (χ0n) is 7.29. The topological polar surface area (TPSA) is 22.0 Å². The molecule has 1 aromatic heterocycles. The fraction of sp³-hybridized carbons (Fsp3) is 0.300. The van der Waals surface area contributed by atoms with Gasteiger partial charge in [-0.1, -0.05) is 6.08 Å². The second kappa shape index (κ2) is 3.90. The Morgan fingerprint density at radius 3 is 3.08 bits per heavy atom. The fourth-order valence-corrected chi connectivity index (χ4v) is 1.16. The Hall–Kier alpha value is -1.31. The fourth-order valence-electron chi connectivity index (χ4n) is 1.16. The van der Waals surface area contributed by atoms with Crippen molar-refractivity contribution in [2.45, 2.75) is 19.9 Å². The van der Waals surface area contributed by atoms with E-state index in [1.54, 1.807) is 6.92 Å². The maximum Gasteiger partial charge on any atom is 0.176 e. The molecule has 2 nitrogen and oxygen atoms in total. The molecule has 0 spiro atoms. The number of rotatable bonds is 4. The van der Waals surface area contributed by atoms with Crippen LogP contribution in [0.5, 0.6) is 0 Å². The molecular formula is C10H13NO. The number of ketones is 1. The van der Waals surface area contributed by atoms with Crippen LogP contribution in [0.4, 0.5) is 0 Å². The smallest absolute Gasteiger partial charge is 0.176 e. The molecule has 0 amide bonds. The maximum absolute atomic E-state index is 11.0. The number of carbonyl (C=O) groups excluding carboxylic acids is 1. The lowest BCUT2D eigenvalue weighted by molar-refractivity contribution is 0.100. The van der Waals surface area contributed by atoms with Gasteiger partial charge in [-0.15, -0.1) is 6.58 Å². The van der Waals surface area contributed by atoms with Crippen molar-refractivity contribution in [2.75, 3.05) is 0 Å². The Labute approximate surface area is 72.5 Å². The normalized spacial score (nSPS) is 9.75. The van der Waals surface area contributed by atoms with Crippen molar-refractivity contribution in [3.8, 4) is 0 Å². The number of carbonyl (C=O) groups is 1. The van der Waals surface area contributed by atoms with Crippen LogP contribution in [-0.4, -0.2) is 10.4 Å². The minimum absolute atomic E-state index is 0.115. The summed E-state index contributed by atoms with van der Waals surface area (Å²) in [5.74, 6) is 0.115. The average molecular weight is 163 g/mol. The molecule has 0 aromatic carbocycles. The summed E-state index contributed by atoms with van der Waals surface area (Å²) in [6.07, 6.45) is 4.67. The lowest BCUT2D eigenvalue weighted by Gasteiger charge is -2.03. The molecule has 1 heterocycles. The second-order valence-electron chi connectivity index (χ2n) is 2.72. The molecule has 0 atom stereocenters. The molecule has 0 aliphatic carbocycles. The number of aryl methyl sites for hydroxylation is 1. The first-order valence-corrected chi connectivity index (χ1v) is 4.02. The van der Waals surface area contributed by atoms with Crippen molar-refractivity contribution < 1.29 is 4.79 Å². The highest BCUT2D eigenvalue weighted by Gasteiger charge is 2.03. The average Bonchev–Trinajstić information content (AvgIpc) is 2.48. The Morgan fingerprint density at radius 2 is 2.50 bits per heavy atom. The van der Waals surface area contributed by atoms with E-state index in [0.29, 0.717) is 0 Å². The number of Topliss-reactive ketones (excluding diaryl/α,β-unsaturated/α-hetero) is 1. The number of nitrogens with zero attached hydrogens (tertiary/aromatic N) is 1. The highest BCUT2D eigenvalue weighted by atomic mass is 16.1. The van der Waals surface area contributed by atoms with E-state index in [9.17, 15) is 4.79 Å². The van der Waals surface area contributed by atoms with Crippen molar-refractivity contribution in [3.63, 3.8) is 0 Å². The van der Waals surface area contributed by atoms with E-state index in [4.69, 9.17) is 0 Å². The molecule has 0 saturated heterocycles. The van der Waals surface area contributed by atoms with Crippen LogP contribution in [0.3, 0.4) is 0 Å². The summed E-state index contributed by atoms with van der Waals surface area (Å²) in [4.78, 5) is 11.0. The number of allylic oxidation sites excluding steroid dienone is 1. The third-order valence-corrected chi connectivity index (χ3v) is 1.76. The molecule has 1 rings (SSSR count). The highest BCUT2D eigenvalue weighted by molar-refractivity contribution is 5.92. The van der Waals surface area contributed by atoms with Crippen LogP contribution in [0.15, 0.2) is 31.0 Å². The Balaban J connectivity index is 2.76. The van der Waals surface area contributed by atoms with Crippen molar-refractivity contribution in [1.82, 2.24) is 4.57 Å². The van der Waals surface area contributed by atoms with E-state index in [1.165, 1.54) is 0 Å². The molecule has 0 aliphatic heterocycles. The standard InChI is InChI=1S/C10H13NO/c1-3-4-7-11-8-5-6-10(11)9(2)12/h3,5-6,8H,1,4,7H2,2H3. The molecule has 0 aliphatic rings. The first-order chi connectivity index (χ1) is 5.75. The van der Waals surface area contributed by atoms with Crippen molar-refractivity contribution >= 4 is 5.78 Å². The zero-order valence-corrected chi connectivity index (χ0v) is 7.29. The van der Waals surface area contributed by atoms with E-state index in [-0.39, 0.29) is 5.78 Å². The first-order valence-electron chi connectivity index (χ1n) is 4.02. The molecule has 64 valence electrons. The molecular weight excluding hydrogens is 150 g/mol. The van der Waals surface area contributed by atoms with Gasteiger partial charge in [0, 0.05) is 19.7 Å². The molecule has 2 heteroatoms. The van der Waals surface area contributed by atoms with Gasteiger partial charge < -0.3 is 4.57 Å². The molecule has 0 saturated carbocycles. The monoisotopic (exact) mass is 163 g/mol. The predicted octanol–water partition coefficient (Wildman–Crippen LogP) is 2.27. The van der Waals surface area contributed by atoms with Crippen molar-refractivity contribution in [3.05, 3.63) is 36.7 Å². The summed E-state index contributed by atoms with van der Waals surface area (Å²) in [5, 5.41) is 0. The van der Waals surface area contributed by atoms with Crippen LogP contribution >= 0.6 is 0 Å². The van der Waals surface area contributed by atoms with Crippen LogP contribution < -0.4 is 0 Å². The minimum atomic E-state index is 0.115. The Kier molecular flexibility index (Phi) is 2.86. The predicted molar refractivity (Wildman–Crippen MR) is 49.3 cm³/mol. The van der Waals surface area contributed by atoms with Gasteiger partial charge in [0.05, 0.1) is 5.69 Å². The second-order valence-corrected chi connectivity index (χ2v) is 2.72. The van der Waals surface area contributed by atoms with Gasteiger partial charge in [-0.3, -0.25) is 4.79 Å². The van der Waals surface area contributed by atoms with Crippen molar-refractivity contribution in [1.29, 1.82) is 0 Å². The summed E-state index contributed by atoms with van der Waals surface area (Å²) in [6.45, 7) is 6.06. The molecule has 0 radical (unpaired) electrons. The zero-order chi connectivity index (χ0) is 8.97. The third kappa shape index (κ3) is 1.84. The van der Waals surface area contributed by atoms with Crippen LogP contribution in [0.2, 0.25) is 0 Å². The Morgan fingerprint density at radius 1 is 1.75 bits per heavy atom. The van der Waals surface area contributed by atoms with Gasteiger partial charge in [-0.25, -0.2) is 0 Å². The first kappa shape index (κ1) is 8.78. The van der Waals surface area contributed by atoms with Crippen LogP contribution in [-0.2, 0) is 6.54 Å². The molecule has 0 N–H and O–H groups in total. The van der Waals surface area contributed by atoms with E-state index >= 15 is 0 Å². The lowest BCUT2D eigenvalue weighted by Crippen LogP contribution is -2.04. The van der Waals surface area contributed by atoms with Gasteiger partial charge in [-0.2, -0.15) is 0 Å². The van der Waals surface area contributed by atoms with E-state index < -0.39 is 0 Å². The van der Waals surface area contributed by atoms with Crippen LogP contribution in [0.1, 0.15) is 23.8 Å². The number of hydrogen-bond donors (Lipinski definition) is 0. The molecule has 0 unspecified atom stereocenters. The highest BCUT2D eigenvalue weighted by Crippen LogP contribution is 2.04. The quantitative estimate of drug-likeness (QED) is 0.493. The molecule has 12 heavy (non-hydrogen) atoms. The van der Waals surface area contributed by atoms with Crippen LogP contribution in [0.25, 0.3) is 0 Å². The SMILES string of the molecule is C=CCCn1cccc1C(C)=O. The largest absolute Gasteiger partial charge is 0.345 e. The van der Waals surface area contributed by atoms with Gasteiger partial charge in [0.25, 0.3) is 0 Å². The number of hydrogen-bond acceptors (Lipinski definition) is 1. The van der Waals surface area contributed by atoms with E-state index in [0.717, 1.165) is 18.7 Å². The van der Waals surface area contributed by atoms with E-state index in [1.807, 2.05) is 29.0 Å². The van der Waals surface area contributed by atoms with Gasteiger partial charge in [-0.05, 0) is 18.6 Å². The molecule has 0 bridgehead atoms. The number of aromatic nitrogens is 1. The van der Waals surface area contributed by atoms with E-state index in [2.05, 4.69) is 6.58 Å². The minimum Gasteiger partial charge on any atom is -0.345 e. The summed E-state index contributed by atoms with van der Waals surface area (Å²) in [5.41, 5.74) is 0.775. The third-order valence-electron chi connectivity index (χ3n) is 1.76. The van der Waals surface area contributed by atoms with Crippen molar-refractivity contribution in [2.24, 2.45) is 0 Å². The summed E-state index contributed by atoms with van der Waals surface area (Å²) in [7, 11) is 0. The molecule has 0 fully saturated rings. The molecule has 1 aromatic rings. The Bertz CT molecular complexity index is 286. The maximum atomic E-state index is 11.0. The van der Waals surface area contributed by atoms with Crippen LogP contribution in [0, 0.1) is 0 Å². The van der Waals surface area contributed by atoms with Gasteiger partial charge >= 0.3 is 0 Å². The van der Waals surface area contributed by atoms with Gasteiger partial charge in [0.15, 0.2) is 5.78 Å². The van der Waals surface area contributed by atoms with Gasteiger partial charge in [0.2, 0.25) is 0 Å². The summed E-state index contributed by atoms with van der Waals surface area (Å²) in [6, 6.07) is 3.73. The summed E-state index contributed by atoms with van der Waals surface area (Å²) >= 11 is 0. The lowest BCUT2D eigenvalue weighted by atomic mass is 10.3.